The van der Waals surface area contributed by atoms with E-state index in [-0.39, 0.29) is 30.4 Å². The number of aromatic nitrogens is 2. The molecule has 0 saturated carbocycles. The number of alkyl halides is 3. The minimum Gasteiger partial charge on any atom is -0.383 e. The van der Waals surface area contributed by atoms with E-state index in [9.17, 15) is 23.1 Å². The highest BCUT2D eigenvalue weighted by molar-refractivity contribution is 5.84. The second kappa shape index (κ2) is 6.62. The molecule has 2 N–H and O–H groups in total. The Morgan fingerprint density at radius 2 is 2.18 bits per heavy atom. The van der Waals surface area contributed by atoms with Gasteiger partial charge in [0.2, 0.25) is 5.91 Å². The van der Waals surface area contributed by atoms with Crippen LogP contribution in [0.4, 0.5) is 13.2 Å². The predicted molar refractivity (Wildman–Crippen MR) is 95.5 cm³/mol. The number of likely N-dealkylation sites (tertiary alicyclic amines) is 1. The second-order valence-corrected chi connectivity index (χ2v) is 7.75. The third kappa shape index (κ3) is 3.30. The van der Waals surface area contributed by atoms with Crippen LogP contribution in [0.25, 0.3) is 0 Å². The number of halogens is 3. The molecule has 1 aromatic heterocycles. The number of benzene rings is 1. The Morgan fingerprint density at radius 3 is 2.93 bits per heavy atom. The molecule has 1 fully saturated rings. The summed E-state index contributed by atoms with van der Waals surface area (Å²) in [5.74, 6) is 0.291. The normalized spacial score (nSPS) is 25.0. The number of aliphatic hydroxyl groups is 1. The van der Waals surface area contributed by atoms with Gasteiger partial charge in [-0.25, -0.2) is 4.98 Å². The summed E-state index contributed by atoms with van der Waals surface area (Å²) < 4.78 is 39.0. The van der Waals surface area contributed by atoms with Crippen molar-refractivity contribution < 1.29 is 23.1 Å². The van der Waals surface area contributed by atoms with E-state index >= 15 is 0 Å². The number of β-amino-alcohol motifs (C(OH)–C–C–N with tert-alkyl or cyclic N) is 1. The summed E-state index contributed by atoms with van der Waals surface area (Å²) >= 11 is 0. The molecule has 1 saturated heterocycles. The summed E-state index contributed by atoms with van der Waals surface area (Å²) in [5.41, 5.74) is -0.335. The number of hydrogen-bond acceptors (Lipinski definition) is 3. The standard InChI is InChI=1S/C20H22F3N3O2/c1-12-24-16-7-3-6-15(17(16)25-12)18(27)26-9-8-19(28,11-26)13-4-2-5-14(10-13)20(21,22)23/h2,4-5,10,15,28H,3,6-9,11H2,1H3,(H,24,25). The van der Waals surface area contributed by atoms with Crippen molar-refractivity contribution in [1.82, 2.24) is 14.9 Å². The summed E-state index contributed by atoms with van der Waals surface area (Å²) in [6, 6.07) is 4.73. The highest BCUT2D eigenvalue weighted by atomic mass is 19.4. The largest absolute Gasteiger partial charge is 0.416 e. The average Bonchev–Trinajstić information content (AvgIpc) is 3.23. The number of aryl methyl sites for hydroxylation is 2. The molecule has 150 valence electrons. The van der Waals surface area contributed by atoms with Crippen LogP contribution in [0.1, 0.15) is 53.5 Å². The van der Waals surface area contributed by atoms with Crippen molar-refractivity contribution in [2.75, 3.05) is 13.1 Å². The van der Waals surface area contributed by atoms with Crippen LogP contribution < -0.4 is 0 Å². The highest BCUT2D eigenvalue weighted by Gasteiger charge is 2.43. The Morgan fingerprint density at radius 1 is 1.39 bits per heavy atom. The molecule has 2 aromatic rings. The maximum atomic E-state index is 13.1. The molecule has 0 bridgehead atoms. The maximum Gasteiger partial charge on any atom is 0.416 e. The Kier molecular flexibility index (Phi) is 4.49. The first-order valence-electron chi connectivity index (χ1n) is 9.42. The lowest BCUT2D eigenvalue weighted by Crippen LogP contribution is -2.38. The van der Waals surface area contributed by atoms with E-state index in [2.05, 4.69) is 9.97 Å². The van der Waals surface area contributed by atoms with Crippen molar-refractivity contribution >= 4 is 5.91 Å². The minimum absolute atomic E-state index is 0.0115. The van der Waals surface area contributed by atoms with E-state index < -0.39 is 17.3 Å². The van der Waals surface area contributed by atoms with E-state index in [0.29, 0.717) is 13.0 Å². The van der Waals surface area contributed by atoms with Gasteiger partial charge < -0.3 is 15.0 Å². The van der Waals surface area contributed by atoms with Gasteiger partial charge in [0.15, 0.2) is 0 Å². The predicted octanol–water partition coefficient (Wildman–Crippen LogP) is 3.28. The van der Waals surface area contributed by atoms with Gasteiger partial charge in [-0.15, -0.1) is 0 Å². The summed E-state index contributed by atoms with van der Waals surface area (Å²) in [6.07, 6.45) is -1.85. The Hall–Kier alpha value is -2.35. The monoisotopic (exact) mass is 393 g/mol. The third-order valence-corrected chi connectivity index (χ3v) is 5.76. The maximum absolute atomic E-state index is 13.1. The van der Waals surface area contributed by atoms with Crippen molar-refractivity contribution in [2.24, 2.45) is 0 Å². The van der Waals surface area contributed by atoms with Gasteiger partial charge in [-0.05, 0) is 50.3 Å². The summed E-state index contributed by atoms with van der Waals surface area (Å²) in [7, 11) is 0. The first-order chi connectivity index (χ1) is 13.2. The SMILES string of the molecule is Cc1nc2c([nH]1)CCCC2C(=O)N1CCC(O)(c2cccc(C(F)(F)F)c2)C1. The molecular formula is C20H22F3N3O2. The van der Waals surface area contributed by atoms with Crippen molar-refractivity contribution in [3.05, 3.63) is 52.6 Å². The number of rotatable bonds is 2. The van der Waals surface area contributed by atoms with Gasteiger partial charge in [-0.2, -0.15) is 13.2 Å². The van der Waals surface area contributed by atoms with Crippen LogP contribution in [0.3, 0.4) is 0 Å². The zero-order chi connectivity index (χ0) is 20.1. The fourth-order valence-electron chi connectivity index (χ4n) is 4.32. The molecule has 2 heterocycles. The first kappa shape index (κ1) is 19.0. The number of fused-ring (bicyclic) bond motifs is 1. The van der Waals surface area contributed by atoms with Crippen molar-refractivity contribution in [1.29, 1.82) is 0 Å². The number of H-pyrrole nitrogens is 1. The summed E-state index contributed by atoms with van der Waals surface area (Å²) in [5, 5.41) is 11.0. The minimum atomic E-state index is -4.48. The summed E-state index contributed by atoms with van der Waals surface area (Å²) in [4.78, 5) is 22.3. The molecular weight excluding hydrogens is 371 g/mol. The number of nitrogens with zero attached hydrogens (tertiary/aromatic N) is 2. The van der Waals surface area contributed by atoms with Gasteiger partial charge in [0.25, 0.3) is 0 Å². The van der Waals surface area contributed by atoms with Crippen LogP contribution in [0, 0.1) is 6.92 Å². The molecule has 1 aliphatic carbocycles. The third-order valence-electron chi connectivity index (χ3n) is 5.76. The zero-order valence-corrected chi connectivity index (χ0v) is 15.5. The number of amides is 1. The lowest BCUT2D eigenvalue weighted by atomic mass is 9.88. The molecule has 1 amide bonds. The van der Waals surface area contributed by atoms with E-state index in [0.717, 1.165) is 42.2 Å². The Bertz CT molecular complexity index is 908. The first-order valence-corrected chi connectivity index (χ1v) is 9.42. The van der Waals surface area contributed by atoms with Gasteiger partial charge in [0, 0.05) is 12.2 Å². The van der Waals surface area contributed by atoms with E-state index in [1.165, 1.54) is 12.1 Å². The van der Waals surface area contributed by atoms with Gasteiger partial charge in [0.1, 0.15) is 11.4 Å². The molecule has 0 radical (unpaired) electrons. The van der Waals surface area contributed by atoms with Crippen LogP contribution in [0.15, 0.2) is 24.3 Å². The van der Waals surface area contributed by atoms with Crippen molar-refractivity contribution in [3.63, 3.8) is 0 Å². The quantitative estimate of drug-likeness (QED) is 0.823. The van der Waals surface area contributed by atoms with Crippen molar-refractivity contribution in [3.8, 4) is 0 Å². The van der Waals surface area contributed by atoms with Gasteiger partial charge in [-0.3, -0.25) is 4.79 Å². The van der Waals surface area contributed by atoms with E-state index in [4.69, 9.17) is 0 Å². The molecule has 8 heteroatoms. The van der Waals surface area contributed by atoms with Gasteiger partial charge >= 0.3 is 6.18 Å². The molecule has 5 nitrogen and oxygen atoms in total. The zero-order valence-electron chi connectivity index (χ0n) is 15.5. The number of aromatic amines is 1. The van der Waals surface area contributed by atoms with Crippen LogP contribution in [-0.2, 0) is 23.0 Å². The fraction of sp³-hybridized carbons (Fsp3) is 0.500. The fourth-order valence-corrected chi connectivity index (χ4v) is 4.32. The number of carbonyl (C=O) groups is 1. The van der Waals surface area contributed by atoms with Crippen LogP contribution in [0.2, 0.25) is 0 Å². The van der Waals surface area contributed by atoms with Crippen LogP contribution in [-0.4, -0.2) is 39.0 Å². The molecule has 0 spiro atoms. The molecule has 1 aliphatic heterocycles. The van der Waals surface area contributed by atoms with E-state index in [1.54, 1.807) is 4.90 Å². The average molecular weight is 393 g/mol. The van der Waals surface area contributed by atoms with Gasteiger partial charge in [-0.1, -0.05) is 12.1 Å². The van der Waals surface area contributed by atoms with Gasteiger partial charge in [0.05, 0.1) is 23.7 Å². The van der Waals surface area contributed by atoms with Crippen LogP contribution in [0.5, 0.6) is 0 Å². The van der Waals surface area contributed by atoms with Crippen molar-refractivity contribution in [2.45, 2.75) is 50.3 Å². The Labute approximate surface area is 160 Å². The highest BCUT2D eigenvalue weighted by Crippen LogP contribution is 2.38. The number of imidazole rings is 1. The molecule has 4 rings (SSSR count). The second-order valence-electron chi connectivity index (χ2n) is 7.75. The number of nitrogens with one attached hydrogen (secondary N) is 1. The molecule has 1 aromatic carbocycles. The lowest BCUT2D eigenvalue weighted by Gasteiger charge is -2.28. The van der Waals surface area contributed by atoms with E-state index in [1.807, 2.05) is 6.92 Å². The molecule has 2 aliphatic rings. The topological polar surface area (TPSA) is 69.2 Å². The Balaban J connectivity index is 1.55. The number of carbonyl (C=O) groups excluding carboxylic acids is 1. The lowest BCUT2D eigenvalue weighted by molar-refractivity contribution is -0.138. The molecule has 28 heavy (non-hydrogen) atoms. The molecule has 2 unspecified atom stereocenters. The number of hydrogen-bond donors (Lipinski definition) is 2. The van der Waals surface area contributed by atoms with Crippen LogP contribution >= 0.6 is 0 Å². The smallest absolute Gasteiger partial charge is 0.383 e. The molecule has 2 atom stereocenters. The summed E-state index contributed by atoms with van der Waals surface area (Å²) in [6.45, 7) is 2.14.